The number of hydrogen-bond acceptors (Lipinski definition) is 2. The van der Waals surface area contributed by atoms with Crippen molar-refractivity contribution in [3.63, 3.8) is 0 Å². The summed E-state index contributed by atoms with van der Waals surface area (Å²) in [5, 5.41) is 0. The lowest BCUT2D eigenvalue weighted by atomic mass is 9.95. The van der Waals surface area contributed by atoms with Crippen molar-refractivity contribution in [3.05, 3.63) is 35.4 Å². The van der Waals surface area contributed by atoms with Gasteiger partial charge in [0.1, 0.15) is 0 Å². The minimum atomic E-state index is -0.499. The fourth-order valence-corrected chi connectivity index (χ4v) is 2.25. The molecule has 0 bridgehead atoms. The lowest BCUT2D eigenvalue weighted by Crippen LogP contribution is -2.37. The van der Waals surface area contributed by atoms with Crippen LogP contribution in [0.15, 0.2) is 24.3 Å². The van der Waals surface area contributed by atoms with E-state index >= 15 is 0 Å². The lowest BCUT2D eigenvalue weighted by Gasteiger charge is -2.20. The van der Waals surface area contributed by atoms with Crippen LogP contribution in [0.3, 0.4) is 0 Å². The molecule has 0 aromatic heterocycles. The van der Waals surface area contributed by atoms with Crippen molar-refractivity contribution in [1.29, 1.82) is 0 Å². The molecule has 4 nitrogen and oxygen atoms in total. The molecule has 2 amide bonds. The molecule has 1 atom stereocenters. The van der Waals surface area contributed by atoms with E-state index < -0.39 is 5.91 Å². The third kappa shape index (κ3) is 4.68. The molecule has 2 N–H and O–H groups in total. The van der Waals surface area contributed by atoms with Crippen LogP contribution in [0.25, 0.3) is 0 Å². The van der Waals surface area contributed by atoms with Crippen molar-refractivity contribution in [2.75, 3.05) is 13.6 Å². The number of nitrogens with two attached hydrogens (primary N) is 1. The first-order valence-electron chi connectivity index (χ1n) is 6.93. The zero-order valence-corrected chi connectivity index (χ0v) is 12.7. The van der Waals surface area contributed by atoms with Crippen LogP contribution in [-0.4, -0.2) is 30.3 Å². The minimum Gasteiger partial charge on any atom is -0.368 e. The summed E-state index contributed by atoms with van der Waals surface area (Å²) in [7, 11) is 1.60. The van der Waals surface area contributed by atoms with Crippen molar-refractivity contribution >= 4 is 11.8 Å². The summed E-state index contributed by atoms with van der Waals surface area (Å²) in [6.45, 7) is 6.15. The second kappa shape index (κ2) is 7.08. The smallest absolute Gasteiger partial charge is 0.237 e. The Hall–Kier alpha value is -1.84. The largest absolute Gasteiger partial charge is 0.368 e. The van der Waals surface area contributed by atoms with Gasteiger partial charge in [-0.3, -0.25) is 9.59 Å². The van der Waals surface area contributed by atoms with E-state index in [1.165, 1.54) is 10.5 Å². The molecule has 1 aromatic rings. The Morgan fingerprint density at radius 3 is 2.45 bits per heavy atom. The Labute approximate surface area is 121 Å². The van der Waals surface area contributed by atoms with E-state index in [4.69, 9.17) is 5.73 Å². The van der Waals surface area contributed by atoms with E-state index in [0.29, 0.717) is 5.92 Å². The number of rotatable bonds is 6. The average molecular weight is 276 g/mol. The number of nitrogens with zero attached hydrogens (tertiary/aromatic N) is 1. The number of amides is 2. The first-order valence-corrected chi connectivity index (χ1v) is 6.93. The zero-order chi connectivity index (χ0) is 15.3. The Morgan fingerprint density at radius 1 is 1.25 bits per heavy atom. The Balaban J connectivity index is 2.83. The predicted molar refractivity (Wildman–Crippen MR) is 80.2 cm³/mol. The van der Waals surface area contributed by atoms with Crippen molar-refractivity contribution in [1.82, 2.24) is 4.90 Å². The summed E-state index contributed by atoms with van der Waals surface area (Å²) in [6.07, 6.45) is 0.992. The first-order chi connectivity index (χ1) is 9.31. The van der Waals surface area contributed by atoms with Gasteiger partial charge < -0.3 is 10.6 Å². The lowest BCUT2D eigenvalue weighted by molar-refractivity contribution is -0.134. The Kier molecular flexibility index (Phi) is 5.74. The van der Waals surface area contributed by atoms with Crippen LogP contribution < -0.4 is 5.73 Å². The van der Waals surface area contributed by atoms with Crippen LogP contribution in [-0.2, 0) is 16.0 Å². The summed E-state index contributed by atoms with van der Waals surface area (Å²) in [5.41, 5.74) is 7.32. The van der Waals surface area contributed by atoms with Gasteiger partial charge in [-0.05, 0) is 30.4 Å². The maximum absolute atomic E-state index is 12.2. The molecular formula is C16H24N2O2. The van der Waals surface area contributed by atoms with E-state index in [9.17, 15) is 9.59 Å². The number of hydrogen-bond donors (Lipinski definition) is 1. The van der Waals surface area contributed by atoms with Crippen LogP contribution in [0.2, 0.25) is 0 Å². The van der Waals surface area contributed by atoms with Crippen molar-refractivity contribution < 1.29 is 9.59 Å². The zero-order valence-electron chi connectivity index (χ0n) is 12.7. The molecular weight excluding hydrogens is 252 g/mol. The molecule has 1 rings (SSSR count). The highest BCUT2D eigenvalue weighted by atomic mass is 16.2. The Morgan fingerprint density at radius 2 is 1.90 bits per heavy atom. The van der Waals surface area contributed by atoms with Gasteiger partial charge in [-0.1, -0.05) is 38.1 Å². The van der Waals surface area contributed by atoms with Crippen LogP contribution in [0.4, 0.5) is 0 Å². The van der Waals surface area contributed by atoms with Crippen LogP contribution in [0.1, 0.15) is 37.8 Å². The Bertz CT molecular complexity index is 483. The predicted octanol–water partition coefficient (Wildman–Crippen LogP) is 1.93. The van der Waals surface area contributed by atoms with Gasteiger partial charge in [0, 0.05) is 7.05 Å². The molecule has 0 saturated heterocycles. The summed E-state index contributed by atoms with van der Waals surface area (Å²) >= 11 is 0. The molecule has 0 fully saturated rings. The number of likely N-dealkylation sites (N-methyl/N-ethyl adjacent to an activating group) is 1. The van der Waals surface area contributed by atoms with Gasteiger partial charge in [-0.15, -0.1) is 0 Å². The molecule has 0 aliphatic rings. The van der Waals surface area contributed by atoms with E-state index in [0.717, 1.165) is 12.0 Å². The molecule has 1 aromatic carbocycles. The molecule has 4 heteroatoms. The van der Waals surface area contributed by atoms with Crippen molar-refractivity contribution in [2.24, 2.45) is 11.7 Å². The summed E-state index contributed by atoms with van der Waals surface area (Å²) in [5.74, 6) is -0.285. The van der Waals surface area contributed by atoms with Gasteiger partial charge in [0.25, 0.3) is 0 Å². The highest BCUT2D eigenvalue weighted by Crippen LogP contribution is 2.20. The molecule has 0 saturated carbocycles. The van der Waals surface area contributed by atoms with Crippen molar-refractivity contribution in [3.8, 4) is 0 Å². The molecule has 0 unspecified atom stereocenters. The van der Waals surface area contributed by atoms with Crippen LogP contribution in [0, 0.1) is 5.92 Å². The SMILES string of the molecule is CC(C)Cc1cccc([C@H](C)C(=O)N(C)CC(N)=O)c1. The number of benzene rings is 1. The van der Waals surface area contributed by atoms with E-state index in [1.54, 1.807) is 7.05 Å². The number of carbonyl (C=O) groups excluding carboxylic acids is 2. The standard InChI is InChI=1S/C16H24N2O2/c1-11(2)8-13-6-5-7-14(9-13)12(3)16(20)18(4)10-15(17)19/h5-7,9,11-12H,8,10H2,1-4H3,(H2,17,19)/t12-/m0/s1. The van der Waals surface area contributed by atoms with Gasteiger partial charge in [-0.2, -0.15) is 0 Å². The van der Waals surface area contributed by atoms with Gasteiger partial charge in [0.15, 0.2) is 0 Å². The van der Waals surface area contributed by atoms with E-state index in [-0.39, 0.29) is 18.4 Å². The maximum Gasteiger partial charge on any atom is 0.237 e. The van der Waals surface area contributed by atoms with Crippen LogP contribution in [0.5, 0.6) is 0 Å². The fourth-order valence-electron chi connectivity index (χ4n) is 2.25. The van der Waals surface area contributed by atoms with Crippen LogP contribution >= 0.6 is 0 Å². The van der Waals surface area contributed by atoms with Gasteiger partial charge >= 0.3 is 0 Å². The summed E-state index contributed by atoms with van der Waals surface area (Å²) < 4.78 is 0. The topological polar surface area (TPSA) is 63.4 Å². The molecule has 110 valence electrons. The van der Waals surface area contributed by atoms with E-state index in [2.05, 4.69) is 26.0 Å². The average Bonchev–Trinajstić information content (AvgIpc) is 2.35. The number of primary amides is 1. The van der Waals surface area contributed by atoms with Gasteiger partial charge in [0.2, 0.25) is 11.8 Å². The summed E-state index contributed by atoms with van der Waals surface area (Å²) in [6, 6.07) is 8.07. The van der Waals surface area contributed by atoms with E-state index in [1.807, 2.05) is 19.1 Å². The number of carbonyl (C=O) groups is 2. The molecule has 0 aliphatic carbocycles. The highest BCUT2D eigenvalue weighted by molar-refractivity contribution is 5.87. The second-order valence-electron chi connectivity index (χ2n) is 5.73. The molecule has 0 radical (unpaired) electrons. The van der Waals surface area contributed by atoms with Gasteiger partial charge in [0.05, 0.1) is 12.5 Å². The fraction of sp³-hybridized carbons (Fsp3) is 0.500. The minimum absolute atomic E-state index is 0.0468. The normalized spacial score (nSPS) is 12.2. The molecule has 0 heterocycles. The molecule has 0 spiro atoms. The van der Waals surface area contributed by atoms with Gasteiger partial charge in [-0.25, -0.2) is 0 Å². The third-order valence-electron chi connectivity index (χ3n) is 3.23. The van der Waals surface area contributed by atoms with Crippen molar-refractivity contribution in [2.45, 2.75) is 33.1 Å². The highest BCUT2D eigenvalue weighted by Gasteiger charge is 2.20. The second-order valence-corrected chi connectivity index (χ2v) is 5.73. The molecule has 20 heavy (non-hydrogen) atoms. The monoisotopic (exact) mass is 276 g/mol. The molecule has 0 aliphatic heterocycles. The third-order valence-corrected chi connectivity index (χ3v) is 3.23. The first kappa shape index (κ1) is 16.2. The maximum atomic E-state index is 12.2. The quantitative estimate of drug-likeness (QED) is 0.863. The summed E-state index contributed by atoms with van der Waals surface area (Å²) in [4.78, 5) is 24.5.